The van der Waals surface area contributed by atoms with Crippen LogP contribution in [0.2, 0.25) is 5.02 Å². The highest BCUT2D eigenvalue weighted by atomic mass is 35.5. The molecular formula is C18H16ClFN4O2S. The lowest BCUT2D eigenvalue weighted by Crippen LogP contribution is -2.15. The van der Waals surface area contributed by atoms with E-state index in [2.05, 4.69) is 15.5 Å². The van der Waals surface area contributed by atoms with Crippen LogP contribution >= 0.6 is 23.4 Å². The molecule has 0 spiro atoms. The van der Waals surface area contributed by atoms with Gasteiger partial charge in [0.15, 0.2) is 11.0 Å². The molecule has 140 valence electrons. The van der Waals surface area contributed by atoms with E-state index < -0.39 is 5.82 Å². The Kier molecular flexibility index (Phi) is 6.44. The predicted octanol–water partition coefficient (Wildman–Crippen LogP) is 3.94. The predicted molar refractivity (Wildman–Crippen MR) is 103 cm³/mol. The van der Waals surface area contributed by atoms with Crippen molar-refractivity contribution < 1.29 is 13.9 Å². The summed E-state index contributed by atoms with van der Waals surface area (Å²) >= 11 is 6.91. The molecule has 0 atom stereocenters. The molecular weight excluding hydrogens is 391 g/mol. The quantitative estimate of drug-likeness (QED) is 0.602. The Morgan fingerprint density at radius 1 is 1.26 bits per heavy atom. The first-order chi connectivity index (χ1) is 13.1. The highest BCUT2D eigenvalue weighted by molar-refractivity contribution is 7.99. The average Bonchev–Trinajstić information content (AvgIpc) is 3.06. The zero-order chi connectivity index (χ0) is 19.2. The number of nitrogens with zero attached hydrogens (tertiary/aromatic N) is 3. The van der Waals surface area contributed by atoms with Gasteiger partial charge in [-0.2, -0.15) is 0 Å². The molecule has 1 heterocycles. The van der Waals surface area contributed by atoms with Crippen molar-refractivity contribution >= 4 is 35.0 Å². The molecule has 0 aliphatic heterocycles. The van der Waals surface area contributed by atoms with E-state index in [0.717, 1.165) is 11.8 Å². The second-order valence-corrected chi connectivity index (χ2v) is 6.84. The largest absolute Gasteiger partial charge is 0.377 e. The monoisotopic (exact) mass is 406 g/mol. The molecule has 0 radical (unpaired) electrons. The first-order valence-electron chi connectivity index (χ1n) is 7.95. The first kappa shape index (κ1) is 19.3. The first-order valence-corrected chi connectivity index (χ1v) is 9.31. The molecule has 2 aromatic carbocycles. The summed E-state index contributed by atoms with van der Waals surface area (Å²) in [5.74, 6) is -0.289. The molecule has 6 nitrogen and oxygen atoms in total. The number of carbonyl (C=O) groups is 1. The van der Waals surface area contributed by atoms with Crippen LogP contribution in [0.15, 0.2) is 53.7 Å². The van der Waals surface area contributed by atoms with Crippen molar-refractivity contribution in [3.63, 3.8) is 0 Å². The second-order valence-electron chi connectivity index (χ2n) is 5.46. The van der Waals surface area contributed by atoms with Crippen LogP contribution in [0.4, 0.5) is 10.1 Å². The minimum absolute atomic E-state index is 0.0417. The van der Waals surface area contributed by atoms with Gasteiger partial charge in [-0.1, -0.05) is 41.6 Å². The van der Waals surface area contributed by atoms with E-state index in [1.165, 1.54) is 23.9 Å². The number of anilines is 1. The van der Waals surface area contributed by atoms with Crippen LogP contribution < -0.4 is 5.32 Å². The molecule has 3 aromatic rings. The fraction of sp³-hybridized carbons (Fsp3) is 0.167. The zero-order valence-corrected chi connectivity index (χ0v) is 15.9. The van der Waals surface area contributed by atoms with E-state index in [-0.39, 0.29) is 29.0 Å². The summed E-state index contributed by atoms with van der Waals surface area (Å²) in [6, 6.07) is 13.6. The van der Waals surface area contributed by atoms with Crippen LogP contribution in [-0.4, -0.2) is 33.5 Å². The van der Waals surface area contributed by atoms with Crippen LogP contribution in [0.1, 0.15) is 5.82 Å². The molecule has 0 fully saturated rings. The Balaban J connectivity index is 1.73. The Morgan fingerprint density at radius 3 is 2.74 bits per heavy atom. The molecule has 9 heteroatoms. The molecule has 1 N–H and O–H groups in total. The van der Waals surface area contributed by atoms with Crippen molar-refractivity contribution in [2.75, 3.05) is 18.2 Å². The molecule has 3 rings (SSSR count). The van der Waals surface area contributed by atoms with Gasteiger partial charge in [0.1, 0.15) is 12.4 Å². The number of para-hydroxylation sites is 1. The number of amides is 1. The van der Waals surface area contributed by atoms with Crippen LogP contribution in [0.3, 0.4) is 0 Å². The van der Waals surface area contributed by atoms with Crippen molar-refractivity contribution in [2.24, 2.45) is 0 Å². The molecule has 0 aliphatic rings. The lowest BCUT2D eigenvalue weighted by molar-refractivity contribution is -0.113. The van der Waals surface area contributed by atoms with Crippen molar-refractivity contribution in [2.45, 2.75) is 11.8 Å². The Hall–Kier alpha value is -2.42. The average molecular weight is 407 g/mol. The highest BCUT2D eigenvalue weighted by Crippen LogP contribution is 2.23. The number of halogens is 2. The van der Waals surface area contributed by atoms with Crippen LogP contribution in [-0.2, 0) is 16.1 Å². The third-order valence-corrected chi connectivity index (χ3v) is 4.69. The van der Waals surface area contributed by atoms with E-state index in [9.17, 15) is 9.18 Å². The van der Waals surface area contributed by atoms with Crippen LogP contribution in [0.5, 0.6) is 0 Å². The number of thioether (sulfide) groups is 1. The van der Waals surface area contributed by atoms with E-state index in [4.69, 9.17) is 16.3 Å². The van der Waals surface area contributed by atoms with Gasteiger partial charge in [-0.3, -0.25) is 9.36 Å². The normalized spacial score (nSPS) is 10.8. The lowest BCUT2D eigenvalue weighted by Gasteiger charge is -2.10. The standard InChI is InChI=1S/C18H16ClFN4O2S/c1-26-10-16-22-23-18(24(16)13-5-3-2-4-6-13)27-11-17(25)21-15-8-7-12(19)9-14(15)20/h2-9H,10-11H2,1H3,(H,21,25). The van der Waals surface area contributed by atoms with Gasteiger partial charge < -0.3 is 10.1 Å². The van der Waals surface area contributed by atoms with Gasteiger partial charge in [0, 0.05) is 17.8 Å². The number of methoxy groups -OCH3 is 1. The molecule has 0 aliphatic carbocycles. The van der Waals surface area contributed by atoms with Gasteiger partial charge in [-0.25, -0.2) is 4.39 Å². The number of aromatic nitrogens is 3. The number of ether oxygens (including phenoxy) is 1. The highest BCUT2D eigenvalue weighted by Gasteiger charge is 2.16. The minimum atomic E-state index is -0.587. The van der Waals surface area contributed by atoms with E-state index in [1.807, 2.05) is 34.9 Å². The SMILES string of the molecule is COCc1nnc(SCC(=O)Nc2ccc(Cl)cc2F)n1-c1ccccc1. The molecule has 1 amide bonds. The van der Waals surface area contributed by atoms with E-state index >= 15 is 0 Å². The Morgan fingerprint density at radius 2 is 2.04 bits per heavy atom. The topological polar surface area (TPSA) is 69.0 Å². The fourth-order valence-corrected chi connectivity index (χ4v) is 3.29. The number of benzene rings is 2. The van der Waals surface area contributed by atoms with Crippen molar-refractivity contribution in [3.8, 4) is 5.69 Å². The number of nitrogens with one attached hydrogen (secondary N) is 1. The van der Waals surface area contributed by atoms with Crippen molar-refractivity contribution in [1.29, 1.82) is 0 Å². The van der Waals surface area contributed by atoms with Gasteiger partial charge in [0.2, 0.25) is 5.91 Å². The summed E-state index contributed by atoms with van der Waals surface area (Å²) in [6.45, 7) is 0.282. The van der Waals surface area contributed by atoms with Crippen molar-refractivity contribution in [3.05, 3.63) is 65.2 Å². The number of hydrogen-bond acceptors (Lipinski definition) is 5. The van der Waals surface area contributed by atoms with Crippen LogP contribution in [0, 0.1) is 5.82 Å². The third-order valence-electron chi connectivity index (χ3n) is 3.53. The maximum absolute atomic E-state index is 13.8. The number of carbonyl (C=O) groups excluding carboxylic acids is 1. The molecule has 0 saturated heterocycles. The van der Waals surface area contributed by atoms with E-state index in [1.54, 1.807) is 7.11 Å². The molecule has 0 saturated carbocycles. The maximum atomic E-state index is 13.8. The van der Waals surface area contributed by atoms with Gasteiger partial charge in [0.25, 0.3) is 0 Å². The lowest BCUT2D eigenvalue weighted by atomic mass is 10.3. The Labute approximate surface area is 164 Å². The van der Waals surface area contributed by atoms with Gasteiger partial charge >= 0.3 is 0 Å². The molecule has 27 heavy (non-hydrogen) atoms. The summed E-state index contributed by atoms with van der Waals surface area (Å²) in [4.78, 5) is 12.2. The van der Waals surface area contributed by atoms with Gasteiger partial charge in [0.05, 0.1) is 11.4 Å². The maximum Gasteiger partial charge on any atom is 0.234 e. The zero-order valence-electron chi connectivity index (χ0n) is 14.4. The Bertz CT molecular complexity index is 936. The molecule has 0 unspecified atom stereocenters. The third kappa shape index (κ3) is 4.85. The summed E-state index contributed by atoms with van der Waals surface area (Å²) in [6.07, 6.45) is 0. The number of hydrogen-bond donors (Lipinski definition) is 1. The van der Waals surface area contributed by atoms with Gasteiger partial charge in [-0.15, -0.1) is 10.2 Å². The van der Waals surface area contributed by atoms with E-state index in [0.29, 0.717) is 11.0 Å². The molecule has 0 bridgehead atoms. The summed E-state index contributed by atoms with van der Waals surface area (Å²) in [5, 5.41) is 11.6. The van der Waals surface area contributed by atoms with Gasteiger partial charge in [-0.05, 0) is 30.3 Å². The number of rotatable bonds is 7. The fourth-order valence-electron chi connectivity index (χ4n) is 2.36. The summed E-state index contributed by atoms with van der Waals surface area (Å²) < 4.78 is 20.8. The minimum Gasteiger partial charge on any atom is -0.377 e. The molecule has 1 aromatic heterocycles. The summed E-state index contributed by atoms with van der Waals surface area (Å²) in [7, 11) is 1.57. The van der Waals surface area contributed by atoms with Crippen molar-refractivity contribution in [1.82, 2.24) is 14.8 Å². The second kappa shape index (κ2) is 8.98. The summed E-state index contributed by atoms with van der Waals surface area (Å²) in [5.41, 5.74) is 0.941. The smallest absolute Gasteiger partial charge is 0.234 e. The van der Waals surface area contributed by atoms with Crippen LogP contribution in [0.25, 0.3) is 5.69 Å².